The summed E-state index contributed by atoms with van der Waals surface area (Å²) < 4.78 is 0.516. The van der Waals surface area contributed by atoms with Crippen LogP contribution in [-0.4, -0.2) is 27.0 Å². The third-order valence-corrected chi connectivity index (χ3v) is 2.77. The van der Waals surface area contributed by atoms with Gasteiger partial charge in [0, 0.05) is 16.4 Å². The van der Waals surface area contributed by atoms with Crippen LogP contribution in [0.5, 0.6) is 0 Å². The Morgan fingerprint density at radius 2 is 2.05 bits per heavy atom. The predicted octanol–water partition coefficient (Wildman–Crippen LogP) is 1.48. The second-order valence-electron chi connectivity index (χ2n) is 3.78. The third-order valence-electron chi connectivity index (χ3n) is 2.31. The van der Waals surface area contributed by atoms with Crippen LogP contribution >= 0.6 is 15.9 Å². The van der Waals surface area contributed by atoms with E-state index in [-0.39, 0.29) is 11.3 Å². The Morgan fingerprint density at radius 1 is 1.30 bits per heavy atom. The molecule has 20 heavy (non-hydrogen) atoms. The zero-order valence-electron chi connectivity index (χ0n) is 9.88. The van der Waals surface area contributed by atoms with Gasteiger partial charge in [-0.3, -0.25) is 9.59 Å². The summed E-state index contributed by atoms with van der Waals surface area (Å²) in [5, 5.41) is 11.4. The number of hydrogen-bond acceptors (Lipinski definition) is 4. The number of carboxylic acids is 1. The van der Waals surface area contributed by atoms with Crippen LogP contribution in [0.1, 0.15) is 20.8 Å². The molecule has 0 aliphatic rings. The monoisotopic (exact) mass is 337 g/mol. The number of carbonyl (C=O) groups is 2. The average molecular weight is 338 g/mol. The minimum atomic E-state index is -1.11. The second-order valence-corrected chi connectivity index (χ2v) is 4.70. The number of nitrogens with one attached hydrogen (secondary N) is 2. The highest BCUT2D eigenvalue weighted by atomic mass is 79.9. The SMILES string of the molecule is O=C(O)c1cc(Br)cc(NC(=O)c2c[nH]c(=O)cn2)c1. The van der Waals surface area contributed by atoms with Crippen molar-refractivity contribution >= 4 is 33.5 Å². The van der Waals surface area contributed by atoms with E-state index in [0.717, 1.165) is 6.20 Å². The maximum atomic E-state index is 11.9. The molecule has 0 spiro atoms. The molecule has 1 aromatic carbocycles. The van der Waals surface area contributed by atoms with Crippen LogP contribution in [0.2, 0.25) is 0 Å². The molecule has 0 saturated carbocycles. The van der Waals surface area contributed by atoms with Crippen LogP contribution in [0.25, 0.3) is 0 Å². The molecule has 0 bridgehead atoms. The van der Waals surface area contributed by atoms with Crippen molar-refractivity contribution in [1.29, 1.82) is 0 Å². The smallest absolute Gasteiger partial charge is 0.335 e. The fourth-order valence-corrected chi connectivity index (χ4v) is 1.94. The summed E-state index contributed by atoms with van der Waals surface area (Å²) in [5.41, 5.74) is -0.0718. The lowest BCUT2D eigenvalue weighted by atomic mass is 10.2. The zero-order chi connectivity index (χ0) is 14.7. The van der Waals surface area contributed by atoms with Gasteiger partial charge in [0.1, 0.15) is 5.69 Å². The Morgan fingerprint density at radius 3 is 2.65 bits per heavy atom. The Labute approximate surface area is 120 Å². The number of nitrogens with zero attached hydrogens (tertiary/aromatic N) is 1. The molecule has 102 valence electrons. The van der Waals surface area contributed by atoms with Gasteiger partial charge in [-0.15, -0.1) is 0 Å². The van der Waals surface area contributed by atoms with Gasteiger partial charge in [0.05, 0.1) is 11.8 Å². The number of benzene rings is 1. The predicted molar refractivity (Wildman–Crippen MR) is 73.9 cm³/mol. The standard InChI is InChI=1S/C12H8BrN3O4/c13-7-1-6(12(19)20)2-8(3-7)16-11(18)9-4-15-10(17)5-14-9/h1-5H,(H,15,17)(H,16,18)(H,19,20). The van der Waals surface area contributed by atoms with Crippen molar-refractivity contribution in [3.05, 3.63) is 56.7 Å². The summed E-state index contributed by atoms with van der Waals surface area (Å²) in [5.74, 6) is -1.67. The summed E-state index contributed by atoms with van der Waals surface area (Å²) in [6.07, 6.45) is 2.16. The van der Waals surface area contributed by atoms with Crippen molar-refractivity contribution in [3.63, 3.8) is 0 Å². The number of rotatable bonds is 3. The van der Waals surface area contributed by atoms with Crippen molar-refractivity contribution in [2.45, 2.75) is 0 Å². The first-order valence-corrected chi connectivity index (χ1v) is 6.15. The number of amides is 1. The molecule has 0 aliphatic carbocycles. The Bertz CT molecular complexity index is 721. The van der Waals surface area contributed by atoms with Crippen LogP contribution in [0.15, 0.2) is 39.9 Å². The lowest BCUT2D eigenvalue weighted by molar-refractivity contribution is 0.0696. The number of anilines is 1. The normalized spacial score (nSPS) is 10.1. The van der Waals surface area contributed by atoms with Crippen molar-refractivity contribution in [3.8, 4) is 0 Å². The molecule has 0 fully saturated rings. The van der Waals surface area contributed by atoms with Gasteiger partial charge in [-0.05, 0) is 18.2 Å². The van der Waals surface area contributed by atoms with E-state index in [1.54, 1.807) is 6.07 Å². The van der Waals surface area contributed by atoms with Crippen molar-refractivity contribution in [1.82, 2.24) is 9.97 Å². The van der Waals surface area contributed by atoms with Gasteiger partial charge in [-0.2, -0.15) is 0 Å². The maximum absolute atomic E-state index is 11.9. The maximum Gasteiger partial charge on any atom is 0.335 e. The van der Waals surface area contributed by atoms with E-state index in [2.05, 4.69) is 31.2 Å². The molecule has 1 heterocycles. The molecule has 8 heteroatoms. The fraction of sp³-hybridized carbons (Fsp3) is 0. The lowest BCUT2D eigenvalue weighted by Crippen LogP contribution is -2.17. The van der Waals surface area contributed by atoms with Gasteiger partial charge in [0.25, 0.3) is 11.5 Å². The highest BCUT2D eigenvalue weighted by Crippen LogP contribution is 2.20. The summed E-state index contributed by atoms with van der Waals surface area (Å²) in [6.45, 7) is 0. The first kappa shape index (κ1) is 13.9. The molecular weight excluding hydrogens is 330 g/mol. The number of aromatic amines is 1. The number of halogens is 1. The molecule has 1 aromatic heterocycles. The Balaban J connectivity index is 2.25. The van der Waals surface area contributed by atoms with Crippen LogP contribution in [0.3, 0.4) is 0 Å². The van der Waals surface area contributed by atoms with E-state index < -0.39 is 17.4 Å². The summed E-state index contributed by atoms with van der Waals surface area (Å²) in [6, 6.07) is 4.28. The second kappa shape index (κ2) is 5.66. The van der Waals surface area contributed by atoms with Gasteiger partial charge < -0.3 is 15.4 Å². The van der Waals surface area contributed by atoms with Crippen LogP contribution in [0, 0.1) is 0 Å². The molecule has 2 rings (SSSR count). The van der Waals surface area contributed by atoms with Gasteiger partial charge in [0.15, 0.2) is 0 Å². The van der Waals surface area contributed by atoms with Gasteiger partial charge in [0.2, 0.25) is 0 Å². The minimum absolute atomic E-state index is 0.0152. The minimum Gasteiger partial charge on any atom is -0.478 e. The zero-order valence-corrected chi connectivity index (χ0v) is 11.5. The van der Waals surface area contributed by atoms with Crippen LogP contribution in [-0.2, 0) is 0 Å². The largest absolute Gasteiger partial charge is 0.478 e. The van der Waals surface area contributed by atoms with Crippen LogP contribution in [0.4, 0.5) is 5.69 Å². The highest BCUT2D eigenvalue weighted by molar-refractivity contribution is 9.10. The number of hydrogen-bond donors (Lipinski definition) is 3. The first-order valence-electron chi connectivity index (χ1n) is 5.35. The van der Waals surface area contributed by atoms with E-state index in [0.29, 0.717) is 10.2 Å². The molecule has 0 unspecified atom stereocenters. The van der Waals surface area contributed by atoms with Crippen molar-refractivity contribution in [2.24, 2.45) is 0 Å². The summed E-state index contributed by atoms with van der Waals surface area (Å²) >= 11 is 3.16. The molecule has 3 N–H and O–H groups in total. The average Bonchev–Trinajstić information content (AvgIpc) is 2.38. The fourth-order valence-electron chi connectivity index (χ4n) is 1.45. The molecule has 0 radical (unpaired) electrons. The van der Waals surface area contributed by atoms with Gasteiger partial charge in [-0.1, -0.05) is 15.9 Å². The quantitative estimate of drug-likeness (QED) is 0.785. The lowest BCUT2D eigenvalue weighted by Gasteiger charge is -2.06. The van der Waals surface area contributed by atoms with E-state index >= 15 is 0 Å². The molecule has 0 atom stereocenters. The molecule has 7 nitrogen and oxygen atoms in total. The number of carboxylic acid groups (broad SMARTS) is 1. The van der Waals surface area contributed by atoms with E-state index in [1.165, 1.54) is 18.3 Å². The number of H-pyrrole nitrogens is 1. The number of aromatic carboxylic acids is 1. The number of carbonyl (C=O) groups excluding carboxylic acids is 1. The van der Waals surface area contributed by atoms with E-state index in [4.69, 9.17) is 5.11 Å². The topological polar surface area (TPSA) is 112 Å². The first-order chi connectivity index (χ1) is 9.45. The van der Waals surface area contributed by atoms with Crippen molar-refractivity contribution < 1.29 is 14.7 Å². The molecule has 1 amide bonds. The highest BCUT2D eigenvalue weighted by Gasteiger charge is 2.11. The molecule has 0 aliphatic heterocycles. The summed E-state index contributed by atoms with van der Waals surface area (Å²) in [7, 11) is 0. The molecule has 2 aromatic rings. The third kappa shape index (κ3) is 3.29. The summed E-state index contributed by atoms with van der Waals surface area (Å²) in [4.78, 5) is 39.6. The van der Waals surface area contributed by atoms with Crippen LogP contribution < -0.4 is 10.9 Å². The molecule has 0 saturated heterocycles. The van der Waals surface area contributed by atoms with E-state index in [9.17, 15) is 14.4 Å². The number of aromatic nitrogens is 2. The van der Waals surface area contributed by atoms with Gasteiger partial charge in [-0.25, -0.2) is 9.78 Å². The van der Waals surface area contributed by atoms with Crippen molar-refractivity contribution in [2.75, 3.05) is 5.32 Å². The van der Waals surface area contributed by atoms with Gasteiger partial charge >= 0.3 is 5.97 Å². The Kier molecular flexibility index (Phi) is 3.94. The van der Waals surface area contributed by atoms with E-state index in [1.807, 2.05) is 0 Å². The molecular formula is C12H8BrN3O4. The Hall–Kier alpha value is -2.48.